The maximum atomic E-state index is 12.6. The Kier molecular flexibility index (Phi) is 9.52. The maximum absolute atomic E-state index is 12.6. The molecule has 8 nitrogen and oxygen atoms in total. The van der Waals surface area contributed by atoms with Crippen LogP contribution < -0.4 is 10.1 Å². The summed E-state index contributed by atoms with van der Waals surface area (Å²) in [6.07, 6.45) is 1.08. The minimum Gasteiger partial charge on any atom is -0.489 e. The van der Waals surface area contributed by atoms with Crippen LogP contribution in [-0.2, 0) is 34.1 Å². The molecule has 0 aliphatic carbocycles. The van der Waals surface area contributed by atoms with Crippen LogP contribution in [0.4, 0.5) is 13.2 Å². The molecule has 4 rings (SSSR count). The first-order valence-corrected chi connectivity index (χ1v) is 13.5. The minimum absolute atomic E-state index is 0.0573. The zero-order chi connectivity index (χ0) is 28.0. The highest BCUT2D eigenvalue weighted by Crippen LogP contribution is 2.34. The number of piperazine rings is 1. The van der Waals surface area contributed by atoms with Crippen molar-refractivity contribution in [1.82, 2.24) is 19.4 Å². The number of aryl methyl sites for hydroxylation is 1. The molecule has 2 fully saturated rings. The SMILES string of the molecule is Cc1cccc(OCc2cccc(CN3CCN(SC(F)(F)F)CC3)c2)c1CN(C=O)C1CCC(=O)NC1=O. The number of imide groups is 1. The molecule has 1 atom stereocenters. The molecule has 0 aromatic heterocycles. The van der Waals surface area contributed by atoms with Crippen molar-refractivity contribution < 1.29 is 32.3 Å². The van der Waals surface area contributed by atoms with Gasteiger partial charge < -0.3 is 9.64 Å². The van der Waals surface area contributed by atoms with Crippen LogP contribution in [0.3, 0.4) is 0 Å². The molecule has 0 bridgehead atoms. The average molecular weight is 565 g/mol. The van der Waals surface area contributed by atoms with Crippen LogP contribution in [0.15, 0.2) is 42.5 Å². The van der Waals surface area contributed by atoms with Gasteiger partial charge in [0.15, 0.2) is 0 Å². The van der Waals surface area contributed by atoms with E-state index in [1.54, 1.807) is 0 Å². The lowest BCUT2D eigenvalue weighted by Crippen LogP contribution is -2.51. The molecule has 3 amide bonds. The van der Waals surface area contributed by atoms with Gasteiger partial charge in [-0.15, -0.1) is 0 Å². The van der Waals surface area contributed by atoms with Crippen LogP contribution in [0.1, 0.15) is 35.1 Å². The van der Waals surface area contributed by atoms with Gasteiger partial charge in [0.2, 0.25) is 18.2 Å². The molecular formula is C27H31F3N4O4S. The van der Waals surface area contributed by atoms with Crippen molar-refractivity contribution in [2.45, 2.75) is 51.0 Å². The highest BCUT2D eigenvalue weighted by molar-refractivity contribution is 7.97. The number of alkyl halides is 3. The number of ether oxygens (including phenoxy) is 1. The summed E-state index contributed by atoms with van der Waals surface area (Å²) < 4.78 is 45.4. The molecule has 2 aliphatic heterocycles. The summed E-state index contributed by atoms with van der Waals surface area (Å²) >= 11 is -0.0573. The predicted octanol–water partition coefficient (Wildman–Crippen LogP) is 3.62. The van der Waals surface area contributed by atoms with Crippen molar-refractivity contribution >= 4 is 30.2 Å². The van der Waals surface area contributed by atoms with E-state index in [2.05, 4.69) is 10.2 Å². The normalized spacial score (nSPS) is 19.0. The van der Waals surface area contributed by atoms with Gasteiger partial charge in [0, 0.05) is 56.7 Å². The quantitative estimate of drug-likeness (QED) is 0.268. The largest absolute Gasteiger partial charge is 0.489 e. The zero-order valence-corrected chi connectivity index (χ0v) is 22.4. The summed E-state index contributed by atoms with van der Waals surface area (Å²) in [6, 6.07) is 12.7. The van der Waals surface area contributed by atoms with Crippen LogP contribution in [0.5, 0.6) is 5.75 Å². The number of amides is 3. The number of hydrogen-bond donors (Lipinski definition) is 1. The first-order chi connectivity index (χ1) is 18.6. The lowest BCUT2D eigenvalue weighted by Gasteiger charge is -2.34. The van der Waals surface area contributed by atoms with Crippen molar-refractivity contribution in [2.75, 3.05) is 26.2 Å². The van der Waals surface area contributed by atoms with E-state index in [0.29, 0.717) is 44.9 Å². The number of rotatable bonds is 10. The summed E-state index contributed by atoms with van der Waals surface area (Å²) in [5.41, 5.74) is -0.598. The number of halogens is 3. The smallest absolute Gasteiger partial charge is 0.456 e. The highest BCUT2D eigenvalue weighted by Gasteiger charge is 2.34. The Morgan fingerprint density at radius 1 is 1.10 bits per heavy atom. The van der Waals surface area contributed by atoms with E-state index in [4.69, 9.17) is 4.74 Å². The molecule has 12 heteroatoms. The van der Waals surface area contributed by atoms with Crippen molar-refractivity contribution in [3.63, 3.8) is 0 Å². The third kappa shape index (κ3) is 8.20. The molecule has 0 radical (unpaired) electrons. The van der Waals surface area contributed by atoms with Crippen LogP contribution in [-0.4, -0.2) is 70.1 Å². The van der Waals surface area contributed by atoms with E-state index in [0.717, 1.165) is 22.3 Å². The number of nitrogens with one attached hydrogen (secondary N) is 1. The Balaban J connectivity index is 1.36. The Morgan fingerprint density at radius 2 is 1.82 bits per heavy atom. The minimum atomic E-state index is -4.26. The molecule has 0 saturated carbocycles. The van der Waals surface area contributed by atoms with Gasteiger partial charge in [-0.2, -0.15) is 13.2 Å². The van der Waals surface area contributed by atoms with Crippen LogP contribution in [0.2, 0.25) is 0 Å². The summed E-state index contributed by atoms with van der Waals surface area (Å²) in [5.74, 6) is -0.225. The van der Waals surface area contributed by atoms with Crippen molar-refractivity contribution in [2.24, 2.45) is 0 Å². The number of piperidine rings is 1. The zero-order valence-electron chi connectivity index (χ0n) is 21.6. The molecule has 2 aliphatic rings. The number of carbonyl (C=O) groups excluding carboxylic acids is 3. The first-order valence-electron chi connectivity index (χ1n) is 12.7. The number of benzene rings is 2. The van der Waals surface area contributed by atoms with E-state index >= 15 is 0 Å². The average Bonchev–Trinajstić information content (AvgIpc) is 2.88. The molecule has 0 spiro atoms. The topological polar surface area (TPSA) is 82.2 Å². The third-order valence-electron chi connectivity index (χ3n) is 6.81. The number of nitrogens with zero attached hydrogens (tertiary/aromatic N) is 3. The molecule has 210 valence electrons. The van der Waals surface area contributed by atoms with Gasteiger partial charge in [0.25, 0.3) is 0 Å². The van der Waals surface area contributed by atoms with E-state index in [1.807, 2.05) is 49.4 Å². The maximum Gasteiger partial charge on any atom is 0.456 e. The molecule has 39 heavy (non-hydrogen) atoms. The highest BCUT2D eigenvalue weighted by atomic mass is 32.2. The Bertz CT molecular complexity index is 1190. The number of hydrogen-bond acceptors (Lipinski definition) is 7. The van der Waals surface area contributed by atoms with Crippen molar-refractivity contribution in [1.29, 1.82) is 0 Å². The third-order valence-corrected chi connectivity index (χ3v) is 7.64. The lowest BCUT2D eigenvalue weighted by atomic mass is 10.0. The van der Waals surface area contributed by atoms with E-state index in [9.17, 15) is 27.6 Å². The van der Waals surface area contributed by atoms with Gasteiger partial charge in [0.05, 0.1) is 6.54 Å². The Morgan fingerprint density at radius 3 is 2.51 bits per heavy atom. The van der Waals surface area contributed by atoms with Crippen LogP contribution in [0, 0.1) is 6.92 Å². The van der Waals surface area contributed by atoms with Crippen LogP contribution >= 0.6 is 11.9 Å². The molecule has 2 saturated heterocycles. The van der Waals surface area contributed by atoms with Crippen LogP contribution in [0.25, 0.3) is 0 Å². The predicted molar refractivity (Wildman–Crippen MR) is 140 cm³/mol. The summed E-state index contributed by atoms with van der Waals surface area (Å²) in [4.78, 5) is 39.2. The molecule has 2 heterocycles. The number of carbonyl (C=O) groups is 3. The second kappa shape index (κ2) is 12.8. The summed E-state index contributed by atoms with van der Waals surface area (Å²) in [6.45, 7) is 4.78. The second-order valence-electron chi connectivity index (χ2n) is 9.65. The lowest BCUT2D eigenvalue weighted by molar-refractivity contribution is -0.141. The van der Waals surface area contributed by atoms with E-state index < -0.39 is 17.5 Å². The summed E-state index contributed by atoms with van der Waals surface area (Å²) in [7, 11) is 0. The van der Waals surface area contributed by atoms with Gasteiger partial charge in [0.1, 0.15) is 18.4 Å². The van der Waals surface area contributed by atoms with Gasteiger partial charge >= 0.3 is 5.51 Å². The van der Waals surface area contributed by atoms with Crippen molar-refractivity contribution in [3.8, 4) is 5.75 Å². The molecule has 2 aromatic carbocycles. The van der Waals surface area contributed by atoms with Gasteiger partial charge in [-0.25, -0.2) is 4.31 Å². The molecule has 2 aromatic rings. The van der Waals surface area contributed by atoms with E-state index in [-0.39, 0.29) is 43.8 Å². The van der Waals surface area contributed by atoms with Gasteiger partial charge in [-0.3, -0.25) is 24.6 Å². The first kappa shape index (κ1) is 28.9. The fourth-order valence-electron chi connectivity index (χ4n) is 4.78. The molecule has 1 N–H and O–H groups in total. The Labute approximate surface area is 229 Å². The molecule has 1 unspecified atom stereocenters. The fourth-order valence-corrected chi connectivity index (χ4v) is 5.42. The fraction of sp³-hybridized carbons (Fsp3) is 0.444. The summed E-state index contributed by atoms with van der Waals surface area (Å²) in [5, 5.41) is 2.29. The van der Waals surface area contributed by atoms with Gasteiger partial charge in [-0.1, -0.05) is 36.4 Å². The second-order valence-corrected chi connectivity index (χ2v) is 10.8. The van der Waals surface area contributed by atoms with Gasteiger partial charge in [-0.05, 0) is 36.1 Å². The van der Waals surface area contributed by atoms with Crippen molar-refractivity contribution in [3.05, 3.63) is 64.7 Å². The Hall–Kier alpha value is -3.09. The monoisotopic (exact) mass is 564 g/mol. The standard InChI is InChI=1S/C27H31F3N4O4S/c1-19-4-2-7-24(22(19)16-33(18-35)23-8-9-25(36)31-26(23)37)38-17-21-6-3-5-20(14-21)15-32-10-12-34(13-11-32)39-27(28,29)30/h2-7,14,18,23H,8-13,15-17H2,1H3,(H,31,36,37). The molecular weight excluding hydrogens is 533 g/mol. The van der Waals surface area contributed by atoms with E-state index in [1.165, 1.54) is 9.21 Å².